The van der Waals surface area contributed by atoms with Gasteiger partial charge in [-0.2, -0.15) is 18.2 Å². The first kappa shape index (κ1) is 41.1. The molecule has 0 spiro atoms. The molecule has 1 aromatic rings. The number of ether oxygens (including phenoxy) is 4. The van der Waals surface area contributed by atoms with Gasteiger partial charge in [0.15, 0.2) is 18.4 Å². The molecule has 2 amide bonds. The van der Waals surface area contributed by atoms with Gasteiger partial charge in [0.1, 0.15) is 35.9 Å². The maximum atomic E-state index is 15.1. The lowest BCUT2D eigenvalue weighted by Crippen LogP contribution is -2.70. The van der Waals surface area contributed by atoms with Crippen molar-refractivity contribution in [2.24, 2.45) is 5.41 Å². The van der Waals surface area contributed by atoms with E-state index in [1.807, 2.05) is 0 Å². The van der Waals surface area contributed by atoms with Crippen LogP contribution in [0.3, 0.4) is 0 Å². The van der Waals surface area contributed by atoms with Crippen molar-refractivity contribution in [2.75, 3.05) is 26.3 Å². The number of hydrogen-bond donors (Lipinski definition) is 2. The molecule has 7 unspecified atom stereocenters. The van der Waals surface area contributed by atoms with Crippen molar-refractivity contribution in [3.8, 4) is 0 Å². The predicted octanol–water partition coefficient (Wildman–Crippen LogP) is 4.35. The highest BCUT2D eigenvalue weighted by molar-refractivity contribution is 5.96. The molecule has 2 bridgehead atoms. The number of hydroxylamine groups is 2. The van der Waals surface area contributed by atoms with Crippen molar-refractivity contribution in [1.82, 2.24) is 15.3 Å². The van der Waals surface area contributed by atoms with E-state index in [1.54, 1.807) is 29.2 Å². The highest BCUT2D eigenvalue weighted by Gasteiger charge is 2.77. The standard InChI is InChI=1S/C39H52F3N3O10/c1-3-5-7-17-37(18-8-6-4-2)53-30-28-22-38(36(50)44-20-9-10-27(44)34(48)43-19-21-46)32(35(49)52-28)45(55-33(38)31(30)54-37)23-26-13-11-25(12-14-26)15-16-29(47)51-24-39(40,41)42/h11-16,27-28,30-33,46H,3-10,17-24H2,1-2H3,(H,43,48). The molecule has 6 rings (SSSR count). The topological polar surface area (TPSA) is 153 Å². The number of amides is 2. The summed E-state index contributed by atoms with van der Waals surface area (Å²) in [6, 6.07) is 4.75. The predicted molar refractivity (Wildman–Crippen MR) is 189 cm³/mol. The van der Waals surface area contributed by atoms with Crippen molar-refractivity contribution in [3.63, 3.8) is 0 Å². The van der Waals surface area contributed by atoms with E-state index in [-0.39, 0.29) is 37.9 Å². The third kappa shape index (κ3) is 8.73. The van der Waals surface area contributed by atoms with Crippen molar-refractivity contribution in [2.45, 2.75) is 139 Å². The average Bonchev–Trinajstić information content (AvgIpc) is 3.88. The Hall–Kier alpha value is -3.57. The fraction of sp³-hybridized carbons (Fsp3) is 0.692. The summed E-state index contributed by atoms with van der Waals surface area (Å²) >= 11 is 0. The lowest BCUT2D eigenvalue weighted by molar-refractivity contribution is -0.225. The van der Waals surface area contributed by atoms with Gasteiger partial charge < -0.3 is 34.3 Å². The zero-order valence-electron chi connectivity index (χ0n) is 31.4. The first-order valence-electron chi connectivity index (χ1n) is 19.5. The molecule has 1 saturated carbocycles. The number of alkyl halides is 3. The van der Waals surface area contributed by atoms with Crippen LogP contribution in [-0.2, 0) is 49.5 Å². The Morgan fingerprint density at radius 1 is 1.04 bits per heavy atom. The van der Waals surface area contributed by atoms with Crippen LogP contribution in [0, 0.1) is 5.41 Å². The van der Waals surface area contributed by atoms with E-state index in [0.29, 0.717) is 43.4 Å². The minimum absolute atomic E-state index is 0.0445. The van der Waals surface area contributed by atoms with Gasteiger partial charge in [0.25, 0.3) is 0 Å². The SMILES string of the molecule is CCCCCC1(CCCCC)OC2C3CC4(C(=O)N5CCCC5C(=O)NCCO)C(ON(Cc5ccc(C=CC(=O)OCC(F)(F)F)cc5)C4C(=O)O3)C2O1. The highest BCUT2D eigenvalue weighted by atomic mass is 19.4. The average molecular weight is 780 g/mol. The number of fused-ring (bicyclic) bond motifs is 4. The number of carbonyl (C=O) groups is 4. The normalized spacial score (nSPS) is 29.7. The number of aliphatic hydroxyl groups is 1. The van der Waals surface area contributed by atoms with E-state index in [4.69, 9.17) is 19.0 Å². The van der Waals surface area contributed by atoms with E-state index in [9.17, 15) is 32.7 Å². The fourth-order valence-electron chi connectivity index (χ4n) is 8.80. The van der Waals surface area contributed by atoms with E-state index in [1.165, 1.54) is 11.1 Å². The molecular formula is C39H52F3N3O10. The summed E-state index contributed by atoms with van der Waals surface area (Å²) in [5, 5.41) is 13.5. The molecule has 304 valence electrons. The van der Waals surface area contributed by atoms with Crippen LogP contribution >= 0.6 is 0 Å². The molecule has 4 aliphatic heterocycles. The smallest absolute Gasteiger partial charge is 0.422 e. The molecule has 1 aromatic carbocycles. The van der Waals surface area contributed by atoms with Gasteiger partial charge >= 0.3 is 18.1 Å². The number of hydrogen-bond acceptors (Lipinski definition) is 11. The molecule has 2 N–H and O–H groups in total. The molecule has 4 heterocycles. The summed E-state index contributed by atoms with van der Waals surface area (Å²) in [5.41, 5.74) is -0.284. The molecule has 55 heavy (non-hydrogen) atoms. The first-order valence-corrected chi connectivity index (χ1v) is 19.5. The van der Waals surface area contributed by atoms with Gasteiger partial charge in [-0.15, -0.1) is 0 Å². The maximum absolute atomic E-state index is 15.1. The minimum atomic E-state index is -4.63. The van der Waals surface area contributed by atoms with Crippen LogP contribution in [0.4, 0.5) is 13.2 Å². The van der Waals surface area contributed by atoms with Crippen molar-refractivity contribution >= 4 is 29.8 Å². The summed E-state index contributed by atoms with van der Waals surface area (Å²) in [7, 11) is 0. The Morgan fingerprint density at radius 3 is 2.38 bits per heavy atom. The number of esters is 2. The van der Waals surface area contributed by atoms with E-state index in [2.05, 4.69) is 23.9 Å². The van der Waals surface area contributed by atoms with Gasteiger partial charge in [0, 0.05) is 38.4 Å². The molecule has 13 nitrogen and oxygen atoms in total. The molecule has 7 atom stereocenters. The lowest BCUT2D eigenvalue weighted by atomic mass is 9.62. The van der Waals surface area contributed by atoms with Crippen LogP contribution in [0.2, 0.25) is 0 Å². The van der Waals surface area contributed by atoms with E-state index < -0.39 is 72.4 Å². The van der Waals surface area contributed by atoms with Crippen molar-refractivity contribution in [3.05, 3.63) is 41.5 Å². The number of carbonyl (C=O) groups excluding carboxylic acids is 4. The second kappa shape index (κ2) is 17.3. The maximum Gasteiger partial charge on any atom is 0.422 e. The van der Waals surface area contributed by atoms with E-state index in [0.717, 1.165) is 44.6 Å². The number of nitrogens with zero attached hydrogens (tertiary/aromatic N) is 2. The van der Waals surface area contributed by atoms with E-state index >= 15 is 4.79 Å². The fourth-order valence-corrected chi connectivity index (χ4v) is 8.80. The minimum Gasteiger partial charge on any atom is -0.458 e. The molecule has 1 aliphatic carbocycles. The number of aliphatic hydroxyl groups excluding tert-OH is 1. The number of benzene rings is 1. The summed E-state index contributed by atoms with van der Waals surface area (Å²) in [4.78, 5) is 62.6. The van der Waals surface area contributed by atoms with Gasteiger partial charge in [0.2, 0.25) is 11.8 Å². The molecule has 4 saturated heterocycles. The third-order valence-corrected chi connectivity index (χ3v) is 11.3. The van der Waals surface area contributed by atoms with Crippen LogP contribution in [0.5, 0.6) is 0 Å². The Labute approximate surface area is 318 Å². The zero-order valence-corrected chi connectivity index (χ0v) is 31.4. The summed E-state index contributed by atoms with van der Waals surface area (Å²) in [6.07, 6.45) is 2.57. The molecule has 5 aliphatic rings. The van der Waals surface area contributed by atoms with Gasteiger partial charge in [-0.25, -0.2) is 4.79 Å². The number of unbranched alkanes of at least 4 members (excludes halogenated alkanes) is 4. The highest BCUT2D eigenvalue weighted by Crippen LogP contribution is 2.59. The van der Waals surface area contributed by atoms with Gasteiger partial charge in [0.05, 0.1) is 13.2 Å². The molecule has 0 radical (unpaired) electrons. The van der Waals surface area contributed by atoms with Gasteiger partial charge in [-0.05, 0) is 42.9 Å². The number of halogens is 3. The van der Waals surface area contributed by atoms with Crippen molar-refractivity contribution in [1.29, 1.82) is 0 Å². The number of likely N-dealkylation sites (tertiary alicyclic amines) is 1. The molecular weight excluding hydrogens is 727 g/mol. The van der Waals surface area contributed by atoms with Crippen molar-refractivity contribution < 1.29 is 61.2 Å². The molecule has 5 fully saturated rings. The zero-order chi connectivity index (χ0) is 39.4. The molecule has 0 aromatic heterocycles. The third-order valence-electron chi connectivity index (χ3n) is 11.3. The Balaban J connectivity index is 1.30. The number of nitrogens with one attached hydrogen (secondary N) is 1. The summed E-state index contributed by atoms with van der Waals surface area (Å²) in [6.45, 7) is 2.70. The summed E-state index contributed by atoms with van der Waals surface area (Å²) < 4.78 is 61.4. The van der Waals surface area contributed by atoms with Gasteiger partial charge in [-0.1, -0.05) is 63.8 Å². The van der Waals surface area contributed by atoms with Crippen LogP contribution in [0.25, 0.3) is 6.08 Å². The van der Waals surface area contributed by atoms with Crippen LogP contribution in [0.15, 0.2) is 30.3 Å². The lowest BCUT2D eigenvalue weighted by Gasteiger charge is -2.50. The van der Waals surface area contributed by atoms with Gasteiger partial charge in [-0.3, -0.25) is 19.2 Å². The second-order valence-electron chi connectivity index (χ2n) is 15.2. The van der Waals surface area contributed by atoms with Crippen LogP contribution < -0.4 is 5.32 Å². The first-order chi connectivity index (χ1) is 26.3. The Morgan fingerprint density at radius 2 is 1.73 bits per heavy atom. The quantitative estimate of drug-likeness (QED) is 0.132. The van der Waals surface area contributed by atoms with Crippen LogP contribution in [-0.4, -0.2) is 114 Å². The monoisotopic (exact) mass is 779 g/mol. The molecule has 16 heteroatoms. The Bertz CT molecular complexity index is 1560. The largest absolute Gasteiger partial charge is 0.458 e. The summed E-state index contributed by atoms with van der Waals surface area (Å²) in [5.74, 6) is -3.48. The van der Waals surface area contributed by atoms with Crippen LogP contribution in [0.1, 0.15) is 95.6 Å². The number of rotatable bonds is 17. The second-order valence-corrected chi connectivity index (χ2v) is 15.2. The Kier molecular flexibility index (Phi) is 12.9.